The molecule has 0 radical (unpaired) electrons. The summed E-state index contributed by atoms with van der Waals surface area (Å²) in [5.41, 5.74) is 5.48. The fraction of sp³-hybridized carbons (Fsp3) is 0.276. The van der Waals surface area contributed by atoms with E-state index in [4.69, 9.17) is 14.5 Å². The van der Waals surface area contributed by atoms with E-state index in [1.165, 1.54) is 0 Å². The highest BCUT2D eigenvalue weighted by molar-refractivity contribution is 5.91. The Morgan fingerprint density at radius 3 is 2.82 bits per heavy atom. The molecule has 1 aliphatic heterocycles. The number of amides is 1. The van der Waals surface area contributed by atoms with Crippen LogP contribution in [0.15, 0.2) is 54.7 Å². The number of hydrogen-bond donors (Lipinski definition) is 3. The van der Waals surface area contributed by atoms with Crippen LogP contribution in [-0.2, 0) is 11.2 Å². The van der Waals surface area contributed by atoms with Crippen LogP contribution in [0.3, 0.4) is 0 Å². The number of benzene rings is 2. The van der Waals surface area contributed by atoms with Gasteiger partial charge in [-0.3, -0.25) is 4.79 Å². The summed E-state index contributed by atoms with van der Waals surface area (Å²) in [4.78, 5) is 31.8. The number of H-pyrrole nitrogens is 2. The van der Waals surface area contributed by atoms with E-state index in [2.05, 4.69) is 26.3 Å². The lowest BCUT2D eigenvalue weighted by atomic mass is 10.0. The molecule has 4 heterocycles. The summed E-state index contributed by atoms with van der Waals surface area (Å²) in [5, 5.41) is 5.44. The number of nitrogens with zero attached hydrogens (tertiary/aromatic N) is 3. The van der Waals surface area contributed by atoms with E-state index >= 15 is 0 Å². The van der Waals surface area contributed by atoms with Crippen molar-refractivity contribution in [1.82, 2.24) is 30.2 Å². The standard InChI is InChI=1S/C29H30N6O3/c1-17-20(21-13-19(37-2)8-9-24(21)32-17)14-27(36)35-11-10-30-16-26(35)28-31-15-25(33-28)22-12-18-6-4-5-7-23(18)34-29(22)38-3/h4-9,12-13,15,26,30,32H,10-11,14,16H2,1-3H3,(H,31,33). The topological polar surface area (TPSA) is 108 Å². The van der Waals surface area contributed by atoms with Crippen molar-refractivity contribution in [2.75, 3.05) is 33.9 Å². The summed E-state index contributed by atoms with van der Waals surface area (Å²) >= 11 is 0. The third-order valence-electron chi connectivity index (χ3n) is 7.30. The molecule has 3 aromatic heterocycles. The molecule has 0 bridgehead atoms. The van der Waals surface area contributed by atoms with Crippen LogP contribution >= 0.6 is 0 Å². The van der Waals surface area contributed by atoms with E-state index < -0.39 is 0 Å². The molecule has 1 aliphatic rings. The fourth-order valence-electron chi connectivity index (χ4n) is 5.31. The van der Waals surface area contributed by atoms with Crippen LogP contribution in [0, 0.1) is 6.92 Å². The largest absolute Gasteiger partial charge is 0.497 e. The van der Waals surface area contributed by atoms with Crippen LogP contribution in [0.1, 0.15) is 23.1 Å². The normalized spacial score (nSPS) is 15.8. The van der Waals surface area contributed by atoms with Gasteiger partial charge in [0, 0.05) is 41.6 Å². The quantitative estimate of drug-likeness (QED) is 0.317. The Bertz CT molecular complexity index is 1640. The van der Waals surface area contributed by atoms with Gasteiger partial charge >= 0.3 is 0 Å². The van der Waals surface area contributed by atoms with Gasteiger partial charge in [0.25, 0.3) is 0 Å². The van der Waals surface area contributed by atoms with E-state index in [0.717, 1.165) is 62.4 Å². The van der Waals surface area contributed by atoms with Gasteiger partial charge in [0.05, 0.1) is 43.6 Å². The van der Waals surface area contributed by atoms with Gasteiger partial charge in [0.1, 0.15) is 17.6 Å². The van der Waals surface area contributed by atoms with Crippen molar-refractivity contribution in [2.24, 2.45) is 0 Å². The predicted octanol–water partition coefficient (Wildman–Crippen LogP) is 4.15. The first-order valence-electron chi connectivity index (χ1n) is 12.7. The number of piperazine rings is 1. The van der Waals surface area contributed by atoms with Gasteiger partial charge in [0.2, 0.25) is 11.8 Å². The number of aromatic nitrogens is 4. The van der Waals surface area contributed by atoms with Crippen molar-refractivity contribution < 1.29 is 14.3 Å². The second kappa shape index (κ2) is 9.83. The molecule has 6 rings (SSSR count). The smallest absolute Gasteiger partial charge is 0.227 e. The van der Waals surface area contributed by atoms with Gasteiger partial charge in [0.15, 0.2) is 0 Å². The SMILES string of the molecule is COc1ccc2[nH]c(C)c(CC(=O)N3CCNCC3c3ncc(-c4cc5ccccc5nc4OC)[nH]3)c2c1. The van der Waals surface area contributed by atoms with Crippen LogP contribution in [0.4, 0.5) is 0 Å². The van der Waals surface area contributed by atoms with Crippen molar-refractivity contribution in [3.8, 4) is 22.9 Å². The molecule has 1 saturated heterocycles. The number of rotatable bonds is 6. The molecule has 194 valence electrons. The molecule has 1 unspecified atom stereocenters. The van der Waals surface area contributed by atoms with Crippen LogP contribution in [-0.4, -0.2) is 64.6 Å². The zero-order chi connectivity index (χ0) is 26.2. The maximum atomic E-state index is 13.7. The molecule has 9 heteroatoms. The van der Waals surface area contributed by atoms with Gasteiger partial charge in [-0.05, 0) is 42.8 Å². The molecule has 3 N–H and O–H groups in total. The Balaban J connectivity index is 1.30. The van der Waals surface area contributed by atoms with Crippen molar-refractivity contribution in [3.63, 3.8) is 0 Å². The summed E-state index contributed by atoms with van der Waals surface area (Å²) < 4.78 is 11.0. The van der Waals surface area contributed by atoms with Crippen molar-refractivity contribution in [3.05, 3.63) is 71.8 Å². The van der Waals surface area contributed by atoms with Gasteiger partial charge in [-0.25, -0.2) is 9.97 Å². The summed E-state index contributed by atoms with van der Waals surface area (Å²) in [7, 11) is 3.27. The summed E-state index contributed by atoms with van der Waals surface area (Å²) in [6, 6.07) is 15.7. The Morgan fingerprint density at radius 2 is 1.97 bits per heavy atom. The van der Waals surface area contributed by atoms with Crippen LogP contribution < -0.4 is 14.8 Å². The van der Waals surface area contributed by atoms with E-state index in [1.807, 2.05) is 54.3 Å². The third-order valence-corrected chi connectivity index (χ3v) is 7.30. The minimum atomic E-state index is -0.218. The van der Waals surface area contributed by atoms with E-state index in [0.29, 0.717) is 25.4 Å². The minimum absolute atomic E-state index is 0.0613. The number of imidazole rings is 1. The Kier molecular flexibility index (Phi) is 6.21. The van der Waals surface area contributed by atoms with E-state index in [1.54, 1.807) is 20.4 Å². The highest BCUT2D eigenvalue weighted by atomic mass is 16.5. The number of para-hydroxylation sites is 1. The number of carbonyl (C=O) groups excluding carboxylic acids is 1. The lowest BCUT2D eigenvalue weighted by Gasteiger charge is -2.35. The van der Waals surface area contributed by atoms with Crippen LogP contribution in [0.2, 0.25) is 0 Å². The highest BCUT2D eigenvalue weighted by Gasteiger charge is 2.31. The Hall–Kier alpha value is -4.37. The summed E-state index contributed by atoms with van der Waals surface area (Å²) in [5.74, 6) is 2.09. The average molecular weight is 511 g/mol. The van der Waals surface area contributed by atoms with Gasteiger partial charge < -0.3 is 29.7 Å². The molecule has 38 heavy (non-hydrogen) atoms. The first kappa shape index (κ1) is 24.0. The zero-order valence-corrected chi connectivity index (χ0v) is 21.7. The molecule has 1 fully saturated rings. The second-order valence-corrected chi connectivity index (χ2v) is 9.54. The van der Waals surface area contributed by atoms with Crippen molar-refractivity contribution >= 4 is 27.7 Å². The first-order chi connectivity index (χ1) is 18.6. The maximum Gasteiger partial charge on any atom is 0.227 e. The summed E-state index contributed by atoms with van der Waals surface area (Å²) in [6.07, 6.45) is 2.09. The molecule has 0 aliphatic carbocycles. The molecule has 1 amide bonds. The lowest BCUT2D eigenvalue weighted by molar-refractivity contribution is -0.134. The molecule has 1 atom stereocenters. The number of aryl methyl sites for hydroxylation is 1. The monoisotopic (exact) mass is 510 g/mol. The number of hydrogen-bond acceptors (Lipinski definition) is 6. The number of ether oxygens (including phenoxy) is 2. The molecule has 0 saturated carbocycles. The number of methoxy groups -OCH3 is 2. The number of pyridine rings is 1. The molecule has 5 aromatic rings. The van der Waals surface area contributed by atoms with Crippen LogP contribution in [0.25, 0.3) is 33.1 Å². The van der Waals surface area contributed by atoms with Gasteiger partial charge in [-0.15, -0.1) is 0 Å². The third kappa shape index (κ3) is 4.24. The van der Waals surface area contributed by atoms with Gasteiger partial charge in [-0.2, -0.15) is 0 Å². The van der Waals surface area contributed by atoms with Crippen LogP contribution in [0.5, 0.6) is 11.6 Å². The fourth-order valence-corrected chi connectivity index (χ4v) is 5.31. The lowest BCUT2D eigenvalue weighted by Crippen LogP contribution is -2.49. The van der Waals surface area contributed by atoms with Crippen molar-refractivity contribution in [2.45, 2.75) is 19.4 Å². The number of aromatic amines is 2. The minimum Gasteiger partial charge on any atom is -0.497 e. The van der Waals surface area contributed by atoms with Gasteiger partial charge in [-0.1, -0.05) is 18.2 Å². The molecular weight excluding hydrogens is 480 g/mol. The molecular formula is C29H30N6O3. The Labute approximate surface area is 220 Å². The molecule has 0 spiro atoms. The zero-order valence-electron chi connectivity index (χ0n) is 21.7. The molecule has 2 aromatic carbocycles. The second-order valence-electron chi connectivity index (χ2n) is 9.54. The first-order valence-corrected chi connectivity index (χ1v) is 12.7. The Morgan fingerprint density at radius 1 is 1.11 bits per heavy atom. The maximum absolute atomic E-state index is 13.7. The summed E-state index contributed by atoms with van der Waals surface area (Å²) in [6.45, 7) is 3.96. The predicted molar refractivity (Wildman–Crippen MR) is 146 cm³/mol. The van der Waals surface area contributed by atoms with E-state index in [-0.39, 0.29) is 11.9 Å². The number of nitrogens with one attached hydrogen (secondary N) is 3. The van der Waals surface area contributed by atoms with E-state index in [9.17, 15) is 4.79 Å². The number of carbonyl (C=O) groups is 1. The average Bonchev–Trinajstić information content (AvgIpc) is 3.56. The highest BCUT2D eigenvalue weighted by Crippen LogP contribution is 2.33. The molecule has 9 nitrogen and oxygen atoms in total. The van der Waals surface area contributed by atoms with Crippen molar-refractivity contribution in [1.29, 1.82) is 0 Å². The number of fused-ring (bicyclic) bond motifs is 2.